The fourth-order valence-corrected chi connectivity index (χ4v) is 6.75. The Morgan fingerprint density at radius 2 is 1.47 bits per heavy atom. The summed E-state index contributed by atoms with van der Waals surface area (Å²) in [6.07, 6.45) is 0. The van der Waals surface area contributed by atoms with Crippen molar-refractivity contribution in [2.75, 3.05) is 23.8 Å². The lowest BCUT2D eigenvalue weighted by atomic mass is 10.1. The summed E-state index contributed by atoms with van der Waals surface area (Å²) < 4.78 is 40.6. The number of hydrogen-bond acceptors (Lipinski definition) is 7. The summed E-state index contributed by atoms with van der Waals surface area (Å²) in [6.45, 7) is 4.21. The summed E-state index contributed by atoms with van der Waals surface area (Å²) >= 11 is 1.37. The van der Waals surface area contributed by atoms with E-state index in [2.05, 4.69) is 15.4 Å². The highest BCUT2D eigenvalue weighted by atomic mass is 32.2. The molecule has 1 aliphatic rings. The van der Waals surface area contributed by atoms with Gasteiger partial charge in [-0.25, -0.2) is 13.2 Å². The first-order chi connectivity index (χ1) is 18.1. The van der Waals surface area contributed by atoms with Gasteiger partial charge in [0.15, 0.2) is 11.5 Å². The zero-order chi connectivity index (χ0) is 27.0. The number of hydrogen-bond donors (Lipinski definition) is 4. The minimum Gasteiger partial charge on any atom is -0.486 e. The number of aliphatic carboxylic acids is 1. The minimum absolute atomic E-state index is 0.0133. The number of fused-ring (bicyclic) bond motifs is 4. The first-order valence-corrected chi connectivity index (χ1v) is 14.1. The zero-order valence-corrected chi connectivity index (χ0v) is 22.1. The first kappa shape index (κ1) is 25.8. The number of carbonyl (C=O) groups excluding carboxylic acids is 1. The number of benzene rings is 3. The second-order valence-electron chi connectivity index (χ2n) is 9.09. The molecule has 0 bridgehead atoms. The van der Waals surface area contributed by atoms with Gasteiger partial charge in [0, 0.05) is 37.6 Å². The molecule has 10 nitrogen and oxygen atoms in total. The van der Waals surface area contributed by atoms with Crippen molar-refractivity contribution in [2.45, 2.75) is 24.8 Å². The van der Waals surface area contributed by atoms with E-state index in [-0.39, 0.29) is 4.90 Å². The topological polar surface area (TPSA) is 143 Å². The van der Waals surface area contributed by atoms with Crippen LogP contribution in [0.25, 0.3) is 20.2 Å². The number of anilines is 2. The van der Waals surface area contributed by atoms with Crippen LogP contribution in [-0.4, -0.2) is 44.8 Å². The third-order valence-corrected chi connectivity index (χ3v) is 8.58. The van der Waals surface area contributed by atoms with Gasteiger partial charge in [-0.3, -0.25) is 4.79 Å². The quantitative estimate of drug-likeness (QED) is 0.255. The van der Waals surface area contributed by atoms with Gasteiger partial charge in [0.05, 0.1) is 4.90 Å². The third kappa shape index (κ3) is 5.23. The summed E-state index contributed by atoms with van der Waals surface area (Å²) in [5.41, 5.74) is 1.12. The normalized spacial score (nSPS) is 14.0. The van der Waals surface area contributed by atoms with Gasteiger partial charge in [-0.1, -0.05) is 26.0 Å². The molecule has 4 aromatic rings. The van der Waals surface area contributed by atoms with Gasteiger partial charge in [-0.05, 0) is 42.3 Å². The van der Waals surface area contributed by atoms with Crippen molar-refractivity contribution in [1.82, 2.24) is 4.72 Å². The Kier molecular flexibility index (Phi) is 6.86. The second-order valence-corrected chi connectivity index (χ2v) is 11.9. The average Bonchev–Trinajstić information content (AvgIpc) is 3.24. The van der Waals surface area contributed by atoms with E-state index in [4.69, 9.17) is 9.47 Å². The largest absolute Gasteiger partial charge is 0.486 e. The molecule has 0 saturated carbocycles. The van der Waals surface area contributed by atoms with Gasteiger partial charge >= 0.3 is 12.0 Å². The number of rotatable bonds is 7. The molecule has 0 aliphatic carbocycles. The summed E-state index contributed by atoms with van der Waals surface area (Å²) in [5, 5.41) is 16.7. The number of amides is 2. The van der Waals surface area contributed by atoms with Crippen LogP contribution >= 0.6 is 11.3 Å². The molecular weight excluding hydrogens is 530 g/mol. The highest BCUT2D eigenvalue weighted by Crippen LogP contribution is 2.37. The van der Waals surface area contributed by atoms with Gasteiger partial charge < -0.3 is 25.2 Å². The third-order valence-electron chi connectivity index (χ3n) is 6.03. The van der Waals surface area contributed by atoms with Crippen LogP contribution < -0.4 is 24.8 Å². The Morgan fingerprint density at radius 1 is 0.868 bits per heavy atom. The number of carboxylic acids is 1. The van der Waals surface area contributed by atoms with Crippen molar-refractivity contribution < 1.29 is 32.6 Å². The number of urea groups is 1. The van der Waals surface area contributed by atoms with Crippen LogP contribution in [0.15, 0.2) is 59.5 Å². The van der Waals surface area contributed by atoms with E-state index in [9.17, 15) is 23.1 Å². The molecule has 1 atom stereocenters. The molecule has 5 rings (SSSR count). The van der Waals surface area contributed by atoms with E-state index in [0.717, 1.165) is 20.2 Å². The highest BCUT2D eigenvalue weighted by Gasteiger charge is 2.28. The molecule has 12 heteroatoms. The molecule has 0 radical (unpaired) electrons. The molecule has 2 amide bonds. The SMILES string of the molecule is CC(C)[C@H](NS(=O)(=O)c1ccc2c(c1)sc1cc(NC(=O)Nc3ccc4c(c3)OCCO4)ccc12)C(=O)O. The molecule has 198 valence electrons. The fraction of sp³-hybridized carbons (Fsp3) is 0.231. The molecule has 38 heavy (non-hydrogen) atoms. The molecule has 0 unspecified atom stereocenters. The Labute approximate surface area is 222 Å². The molecule has 2 heterocycles. The van der Waals surface area contributed by atoms with E-state index in [1.807, 2.05) is 12.1 Å². The Morgan fingerprint density at radius 3 is 2.16 bits per heavy atom. The van der Waals surface area contributed by atoms with Gasteiger partial charge in [0.25, 0.3) is 0 Å². The van der Waals surface area contributed by atoms with Crippen LogP contribution in [0.2, 0.25) is 0 Å². The summed E-state index contributed by atoms with van der Waals surface area (Å²) in [5.74, 6) is -0.455. The molecule has 3 aromatic carbocycles. The summed E-state index contributed by atoms with van der Waals surface area (Å²) in [7, 11) is -4.04. The van der Waals surface area contributed by atoms with Gasteiger partial charge in [-0.15, -0.1) is 11.3 Å². The van der Waals surface area contributed by atoms with Crippen LogP contribution in [0.4, 0.5) is 16.2 Å². The van der Waals surface area contributed by atoms with Gasteiger partial charge in [0.2, 0.25) is 10.0 Å². The summed E-state index contributed by atoms with van der Waals surface area (Å²) in [6, 6.07) is 13.6. The van der Waals surface area contributed by atoms with Crippen molar-refractivity contribution >= 4 is 64.9 Å². The summed E-state index contributed by atoms with van der Waals surface area (Å²) in [4.78, 5) is 24.1. The molecule has 0 fully saturated rings. The van der Waals surface area contributed by atoms with Gasteiger partial charge in [-0.2, -0.15) is 4.72 Å². The molecule has 1 aliphatic heterocycles. The predicted octanol–water partition coefficient (Wildman–Crippen LogP) is 4.86. The van der Waals surface area contributed by atoms with Crippen LogP contribution in [0.1, 0.15) is 13.8 Å². The maximum absolute atomic E-state index is 12.9. The Bertz CT molecular complexity index is 1660. The maximum atomic E-state index is 12.9. The number of carbonyl (C=O) groups is 2. The number of carboxylic acid groups (broad SMARTS) is 1. The second kappa shape index (κ2) is 10.1. The average molecular weight is 556 g/mol. The number of ether oxygens (including phenoxy) is 2. The predicted molar refractivity (Wildman–Crippen MR) is 146 cm³/mol. The van der Waals surface area contributed by atoms with Crippen LogP contribution in [0.3, 0.4) is 0 Å². The minimum atomic E-state index is -4.04. The monoisotopic (exact) mass is 555 g/mol. The molecule has 1 aromatic heterocycles. The first-order valence-electron chi connectivity index (χ1n) is 11.8. The van der Waals surface area contributed by atoms with Crippen LogP contribution in [0.5, 0.6) is 11.5 Å². The molecular formula is C26H25N3O7S2. The van der Waals surface area contributed by atoms with Crippen LogP contribution in [-0.2, 0) is 14.8 Å². The van der Waals surface area contributed by atoms with Crippen molar-refractivity contribution in [3.05, 3.63) is 54.6 Å². The van der Waals surface area contributed by atoms with E-state index >= 15 is 0 Å². The van der Waals surface area contributed by atoms with E-state index in [0.29, 0.717) is 36.1 Å². The Balaban J connectivity index is 1.35. The lowest BCUT2D eigenvalue weighted by Gasteiger charge is -2.19. The molecule has 4 N–H and O–H groups in total. The lowest BCUT2D eigenvalue weighted by molar-refractivity contribution is -0.140. The molecule has 0 saturated heterocycles. The maximum Gasteiger partial charge on any atom is 0.323 e. The van der Waals surface area contributed by atoms with Crippen molar-refractivity contribution in [2.24, 2.45) is 5.92 Å². The zero-order valence-electron chi connectivity index (χ0n) is 20.5. The molecule has 0 spiro atoms. The number of sulfonamides is 1. The highest BCUT2D eigenvalue weighted by molar-refractivity contribution is 7.89. The van der Waals surface area contributed by atoms with E-state index in [1.54, 1.807) is 44.2 Å². The van der Waals surface area contributed by atoms with Crippen molar-refractivity contribution in [3.63, 3.8) is 0 Å². The van der Waals surface area contributed by atoms with Crippen molar-refractivity contribution in [3.8, 4) is 11.5 Å². The van der Waals surface area contributed by atoms with E-state index < -0.39 is 34.0 Å². The van der Waals surface area contributed by atoms with Gasteiger partial charge in [0.1, 0.15) is 19.3 Å². The van der Waals surface area contributed by atoms with Crippen LogP contribution in [0, 0.1) is 5.92 Å². The Hall–Kier alpha value is -3.87. The smallest absolute Gasteiger partial charge is 0.323 e. The standard InChI is InChI=1S/C26H25N3O7S2/c1-14(2)24(25(30)31)29-38(33,34)17-5-7-19-18-6-3-16(12-22(18)37-23(19)13-17)28-26(32)27-15-4-8-20-21(11-15)36-10-9-35-20/h3-8,11-14,24,29H,9-10H2,1-2H3,(H,30,31)(H2,27,28,32)/t24-/m0/s1. The van der Waals surface area contributed by atoms with E-state index in [1.165, 1.54) is 23.5 Å². The number of thiophene rings is 1. The fourth-order valence-electron chi connectivity index (χ4n) is 4.12. The van der Waals surface area contributed by atoms with Crippen molar-refractivity contribution in [1.29, 1.82) is 0 Å². The number of nitrogens with one attached hydrogen (secondary N) is 3. The lowest BCUT2D eigenvalue weighted by Crippen LogP contribution is -2.44.